The number of hydrogen-bond donors (Lipinski definition) is 0. The fourth-order valence-electron chi connectivity index (χ4n) is 2.31. The molecule has 14 heavy (non-hydrogen) atoms. The predicted molar refractivity (Wildman–Crippen MR) is 61.6 cm³/mol. The number of halogens is 1. The number of nitrogens with zero attached hydrogens (tertiary/aromatic N) is 2. The molecule has 1 fully saturated rings. The molecule has 0 N–H and O–H groups in total. The van der Waals surface area contributed by atoms with Crippen LogP contribution in [0.1, 0.15) is 6.42 Å². The zero-order chi connectivity index (χ0) is 9.60. The van der Waals surface area contributed by atoms with Crippen LogP contribution in [-0.4, -0.2) is 28.0 Å². The topological polar surface area (TPSA) is 15.6 Å². The predicted octanol–water partition coefficient (Wildman–Crippen LogP) is 2.25. The van der Waals surface area contributed by atoms with Crippen molar-refractivity contribution in [1.82, 2.24) is 4.90 Å². The molecule has 3 aliphatic heterocycles. The van der Waals surface area contributed by atoms with E-state index in [0.717, 1.165) is 13.0 Å². The highest BCUT2D eigenvalue weighted by Crippen LogP contribution is 2.44. The summed E-state index contributed by atoms with van der Waals surface area (Å²) in [6, 6.07) is 0. The first-order valence-corrected chi connectivity index (χ1v) is 5.77. The molecule has 2 bridgehead atoms. The van der Waals surface area contributed by atoms with E-state index in [0.29, 0.717) is 4.83 Å². The normalized spacial score (nSPS) is 38.2. The fraction of sp³-hybridized carbons (Fsp3) is 0.364. The second-order valence-electron chi connectivity index (χ2n) is 3.81. The summed E-state index contributed by atoms with van der Waals surface area (Å²) in [6.07, 6.45) is 13.6. The van der Waals surface area contributed by atoms with Gasteiger partial charge in [0.2, 0.25) is 0 Å². The van der Waals surface area contributed by atoms with Crippen LogP contribution in [0.5, 0.6) is 0 Å². The lowest BCUT2D eigenvalue weighted by molar-refractivity contribution is 0.354. The van der Waals surface area contributed by atoms with Crippen molar-refractivity contribution in [2.24, 2.45) is 4.99 Å². The number of allylic oxidation sites excluding steroid dienone is 3. The quantitative estimate of drug-likeness (QED) is 0.603. The average Bonchev–Trinajstić information content (AvgIpc) is 2.40. The molecule has 2 unspecified atom stereocenters. The summed E-state index contributed by atoms with van der Waals surface area (Å²) in [5, 5.41) is 0. The Balaban J connectivity index is 2.18. The Kier molecular flexibility index (Phi) is 1.71. The Bertz CT molecular complexity index is 381. The van der Waals surface area contributed by atoms with E-state index in [-0.39, 0.29) is 5.54 Å². The van der Waals surface area contributed by atoms with E-state index in [4.69, 9.17) is 0 Å². The van der Waals surface area contributed by atoms with Gasteiger partial charge in [0.1, 0.15) is 5.54 Å². The molecule has 3 heterocycles. The summed E-state index contributed by atoms with van der Waals surface area (Å²) in [5.41, 5.74) is 1.16. The van der Waals surface area contributed by atoms with E-state index in [1.54, 1.807) is 0 Å². The van der Waals surface area contributed by atoms with Crippen molar-refractivity contribution in [3.63, 3.8) is 0 Å². The number of alkyl halides is 1. The summed E-state index contributed by atoms with van der Waals surface area (Å²) >= 11 is 3.75. The lowest BCUT2D eigenvalue weighted by atomic mass is 9.89. The highest BCUT2D eigenvalue weighted by atomic mass is 79.9. The molecule has 0 radical (unpaired) electrons. The maximum absolute atomic E-state index is 4.66. The second-order valence-corrected chi connectivity index (χ2v) is 4.91. The molecular formula is C11H11BrN2. The number of hydrogen-bond acceptors (Lipinski definition) is 2. The van der Waals surface area contributed by atoms with Gasteiger partial charge in [-0.3, -0.25) is 4.99 Å². The van der Waals surface area contributed by atoms with Gasteiger partial charge in [-0.15, -0.1) is 0 Å². The van der Waals surface area contributed by atoms with Gasteiger partial charge in [-0.05, 0) is 24.6 Å². The van der Waals surface area contributed by atoms with E-state index in [2.05, 4.69) is 50.3 Å². The van der Waals surface area contributed by atoms with Gasteiger partial charge < -0.3 is 4.90 Å². The average molecular weight is 251 g/mol. The van der Waals surface area contributed by atoms with Gasteiger partial charge >= 0.3 is 0 Å². The minimum Gasteiger partial charge on any atom is -0.349 e. The van der Waals surface area contributed by atoms with Gasteiger partial charge in [-0.1, -0.05) is 22.0 Å². The number of aliphatic imine (C=N–C) groups is 1. The van der Waals surface area contributed by atoms with Crippen LogP contribution in [0.2, 0.25) is 0 Å². The highest BCUT2D eigenvalue weighted by Gasteiger charge is 2.47. The van der Waals surface area contributed by atoms with Crippen LogP contribution in [0.3, 0.4) is 0 Å². The molecule has 2 nitrogen and oxygen atoms in total. The van der Waals surface area contributed by atoms with Crippen molar-refractivity contribution in [1.29, 1.82) is 0 Å². The van der Waals surface area contributed by atoms with Crippen LogP contribution in [-0.2, 0) is 0 Å². The van der Waals surface area contributed by atoms with Crippen molar-refractivity contribution in [2.75, 3.05) is 6.54 Å². The maximum Gasteiger partial charge on any atom is 0.133 e. The van der Waals surface area contributed by atoms with E-state index in [9.17, 15) is 0 Å². The molecule has 2 atom stereocenters. The van der Waals surface area contributed by atoms with E-state index in [1.165, 1.54) is 5.70 Å². The maximum atomic E-state index is 4.66. The largest absolute Gasteiger partial charge is 0.349 e. The van der Waals surface area contributed by atoms with Crippen LogP contribution >= 0.6 is 15.9 Å². The van der Waals surface area contributed by atoms with Crippen molar-refractivity contribution in [3.05, 3.63) is 36.2 Å². The molecule has 0 saturated carbocycles. The van der Waals surface area contributed by atoms with Gasteiger partial charge in [0.15, 0.2) is 0 Å². The third-order valence-corrected chi connectivity index (χ3v) is 4.22. The molecule has 0 aromatic carbocycles. The molecule has 72 valence electrons. The first kappa shape index (κ1) is 8.48. The van der Waals surface area contributed by atoms with Crippen LogP contribution in [0.4, 0.5) is 0 Å². The van der Waals surface area contributed by atoms with Crippen LogP contribution in [0.25, 0.3) is 0 Å². The Hall–Kier alpha value is -0.830. The second kappa shape index (κ2) is 2.83. The zero-order valence-electron chi connectivity index (χ0n) is 7.73. The summed E-state index contributed by atoms with van der Waals surface area (Å²) in [6.45, 7) is 1.09. The highest BCUT2D eigenvalue weighted by molar-refractivity contribution is 9.09. The molecule has 0 amide bonds. The monoisotopic (exact) mass is 250 g/mol. The lowest BCUT2D eigenvalue weighted by Crippen LogP contribution is -2.44. The molecule has 1 saturated heterocycles. The third-order valence-electron chi connectivity index (χ3n) is 3.07. The first-order chi connectivity index (χ1) is 6.83. The molecule has 0 aliphatic carbocycles. The Morgan fingerprint density at radius 2 is 2.43 bits per heavy atom. The van der Waals surface area contributed by atoms with Gasteiger partial charge in [0.05, 0.1) is 10.5 Å². The minimum absolute atomic E-state index is 0.137. The molecule has 3 rings (SSSR count). The van der Waals surface area contributed by atoms with Gasteiger partial charge in [0, 0.05) is 19.0 Å². The standard InChI is InChI=1S/C11H11BrN2/c12-9-4-7-14-8-5-11(9)10(14)3-1-2-6-13-11/h1-3,5-6,8-9H,4,7H2. The minimum atomic E-state index is -0.137. The number of piperidine rings is 1. The summed E-state index contributed by atoms with van der Waals surface area (Å²) in [4.78, 5) is 7.38. The van der Waals surface area contributed by atoms with Crippen molar-refractivity contribution in [2.45, 2.75) is 16.8 Å². The SMILES string of the molecule is BrC1CCN2C=CC13N=CC=CC=C23. The molecule has 3 heteroatoms. The first-order valence-electron chi connectivity index (χ1n) is 4.86. The molecular weight excluding hydrogens is 240 g/mol. The molecule has 0 aromatic rings. The summed E-state index contributed by atoms with van der Waals surface area (Å²) < 4.78 is 0. The Morgan fingerprint density at radius 3 is 3.36 bits per heavy atom. The zero-order valence-corrected chi connectivity index (χ0v) is 9.31. The molecule has 3 aliphatic rings. The van der Waals surface area contributed by atoms with Crippen LogP contribution < -0.4 is 0 Å². The summed E-state index contributed by atoms with van der Waals surface area (Å²) in [7, 11) is 0. The Labute approximate surface area is 91.8 Å². The third kappa shape index (κ3) is 0.934. The lowest BCUT2D eigenvalue weighted by Gasteiger charge is -2.38. The van der Waals surface area contributed by atoms with E-state index >= 15 is 0 Å². The number of rotatable bonds is 0. The van der Waals surface area contributed by atoms with Crippen molar-refractivity contribution in [3.8, 4) is 0 Å². The summed E-state index contributed by atoms with van der Waals surface area (Å²) in [5.74, 6) is 0. The molecule has 0 aromatic heterocycles. The van der Waals surface area contributed by atoms with Crippen LogP contribution in [0.15, 0.2) is 41.2 Å². The fourth-order valence-corrected chi connectivity index (χ4v) is 3.02. The van der Waals surface area contributed by atoms with Gasteiger partial charge in [-0.2, -0.15) is 0 Å². The van der Waals surface area contributed by atoms with E-state index in [1.807, 2.05) is 12.3 Å². The van der Waals surface area contributed by atoms with Crippen molar-refractivity contribution < 1.29 is 0 Å². The van der Waals surface area contributed by atoms with Gasteiger partial charge in [0.25, 0.3) is 0 Å². The Morgan fingerprint density at radius 1 is 1.50 bits per heavy atom. The van der Waals surface area contributed by atoms with E-state index < -0.39 is 0 Å². The van der Waals surface area contributed by atoms with Crippen LogP contribution in [0, 0.1) is 0 Å². The molecule has 0 spiro atoms. The van der Waals surface area contributed by atoms with Crippen molar-refractivity contribution >= 4 is 22.1 Å². The smallest absolute Gasteiger partial charge is 0.133 e. The van der Waals surface area contributed by atoms with Gasteiger partial charge in [-0.25, -0.2) is 0 Å².